The van der Waals surface area contributed by atoms with Crippen LogP contribution in [-0.2, 0) is 19.4 Å². The molecule has 0 N–H and O–H groups in total. The van der Waals surface area contributed by atoms with Gasteiger partial charge in [-0.25, -0.2) is 17.5 Å². The molecule has 4 aromatic rings. The van der Waals surface area contributed by atoms with Crippen molar-refractivity contribution in [2.45, 2.75) is 12.5 Å². The number of benzene rings is 3. The van der Waals surface area contributed by atoms with Crippen LogP contribution in [0.2, 0.25) is 0 Å². The van der Waals surface area contributed by atoms with Crippen LogP contribution in [0, 0.1) is 17.1 Å². The maximum Gasteiger partial charge on any atom is 0.272 e. The van der Waals surface area contributed by atoms with Crippen LogP contribution in [0.4, 0.5) is 4.39 Å². The molecule has 0 radical (unpaired) electrons. The summed E-state index contributed by atoms with van der Waals surface area (Å²) in [7, 11) is -3.44. The number of aromatic nitrogens is 2. The smallest absolute Gasteiger partial charge is 0.270 e. The van der Waals surface area contributed by atoms with Crippen LogP contribution in [0.3, 0.4) is 0 Å². The monoisotopic (exact) mass is 578 g/mol. The molecule has 1 atom stereocenters. The van der Waals surface area contributed by atoms with Gasteiger partial charge < -0.3 is 0 Å². The molecule has 0 saturated carbocycles. The van der Waals surface area contributed by atoms with E-state index in [1.165, 1.54) is 12.1 Å². The Balaban J connectivity index is 1.59. The van der Waals surface area contributed by atoms with E-state index in [4.69, 9.17) is 5.10 Å². The Hall–Kier alpha value is -5.14. The lowest BCUT2D eigenvalue weighted by atomic mass is 9.86. The van der Waals surface area contributed by atoms with E-state index in [2.05, 4.69) is 0 Å². The van der Waals surface area contributed by atoms with Crippen molar-refractivity contribution in [3.63, 3.8) is 0 Å². The van der Waals surface area contributed by atoms with Crippen molar-refractivity contribution >= 4 is 33.3 Å². The van der Waals surface area contributed by atoms with Crippen LogP contribution in [0.1, 0.15) is 17.5 Å². The zero-order valence-corrected chi connectivity index (χ0v) is 23.0. The number of para-hydroxylation sites is 1. The third-order valence-corrected chi connectivity index (χ3v) is 9.08. The number of hydrogen-bond acceptors (Lipinski definition) is 6. The molecule has 1 fully saturated rings. The van der Waals surface area contributed by atoms with Crippen molar-refractivity contribution in [2.24, 2.45) is 0 Å². The van der Waals surface area contributed by atoms with Gasteiger partial charge in [0, 0.05) is 22.9 Å². The van der Waals surface area contributed by atoms with Gasteiger partial charge >= 0.3 is 0 Å². The SMILES string of the molecule is N#CC1=C(c2ccccc2)/C(=C/c2cn(-c3ccccc3)nc2-c2ccc(F)cc2)C(=O)N(C2CCS(=O)(=O)C2)C1=O. The molecule has 10 heteroatoms. The van der Waals surface area contributed by atoms with Gasteiger partial charge in [0.1, 0.15) is 17.5 Å². The molecule has 0 aliphatic carbocycles. The molecule has 0 bridgehead atoms. The highest BCUT2D eigenvalue weighted by Crippen LogP contribution is 2.38. The van der Waals surface area contributed by atoms with Crippen LogP contribution >= 0.6 is 0 Å². The van der Waals surface area contributed by atoms with Crippen molar-refractivity contribution in [3.8, 4) is 23.0 Å². The summed E-state index contributed by atoms with van der Waals surface area (Å²) < 4.78 is 40.0. The highest BCUT2D eigenvalue weighted by molar-refractivity contribution is 7.91. The largest absolute Gasteiger partial charge is 0.272 e. The Morgan fingerprint density at radius 3 is 2.19 bits per heavy atom. The summed E-state index contributed by atoms with van der Waals surface area (Å²) in [6.07, 6.45) is 3.37. The van der Waals surface area contributed by atoms with E-state index in [1.54, 1.807) is 59.4 Å². The van der Waals surface area contributed by atoms with Gasteiger partial charge in [0.05, 0.1) is 34.5 Å². The van der Waals surface area contributed by atoms with Gasteiger partial charge in [0.2, 0.25) is 0 Å². The van der Waals surface area contributed by atoms with Crippen molar-refractivity contribution in [3.05, 3.63) is 119 Å². The standard InChI is InChI=1S/C32H23FN4O4S/c33-24-13-11-22(12-14-24)30-23(19-36(35-30)25-9-5-2-6-10-25)17-27-29(21-7-3-1-4-8-21)28(18-34)32(39)37(31(27)38)26-15-16-42(40,41)20-26/h1-14,17,19,26H,15-16,20H2/b27-17-. The van der Waals surface area contributed by atoms with Crippen LogP contribution in [-0.4, -0.2) is 52.5 Å². The molecule has 0 spiro atoms. The lowest BCUT2D eigenvalue weighted by Crippen LogP contribution is -2.49. The van der Waals surface area contributed by atoms with Crippen LogP contribution < -0.4 is 0 Å². The molecule has 6 rings (SSSR count). The first-order valence-electron chi connectivity index (χ1n) is 13.2. The summed E-state index contributed by atoms with van der Waals surface area (Å²) in [4.78, 5) is 28.7. The molecule has 1 aromatic heterocycles. The number of carbonyl (C=O) groups is 2. The number of hydrogen-bond donors (Lipinski definition) is 0. The van der Waals surface area contributed by atoms with Crippen LogP contribution in [0.25, 0.3) is 28.6 Å². The number of rotatable bonds is 5. The Morgan fingerprint density at radius 1 is 0.905 bits per heavy atom. The second-order valence-corrected chi connectivity index (χ2v) is 12.3. The molecule has 1 saturated heterocycles. The Bertz CT molecular complexity index is 1920. The fourth-order valence-corrected chi connectivity index (χ4v) is 7.04. The minimum atomic E-state index is -3.44. The molecule has 208 valence electrons. The molecule has 42 heavy (non-hydrogen) atoms. The predicted octanol–water partition coefficient (Wildman–Crippen LogP) is 4.60. The molecule has 8 nitrogen and oxygen atoms in total. The number of nitrogens with zero attached hydrogens (tertiary/aromatic N) is 4. The number of carbonyl (C=O) groups excluding carboxylic acids is 2. The number of halogens is 1. The van der Waals surface area contributed by atoms with E-state index in [0.29, 0.717) is 22.4 Å². The fourth-order valence-electron chi connectivity index (χ4n) is 5.34. The summed E-state index contributed by atoms with van der Waals surface area (Å²) in [6.45, 7) is 0. The molecule has 3 heterocycles. The van der Waals surface area contributed by atoms with Gasteiger partial charge in [0.25, 0.3) is 11.8 Å². The quantitative estimate of drug-likeness (QED) is 0.253. The Morgan fingerprint density at radius 2 is 1.57 bits per heavy atom. The number of nitriles is 1. The lowest BCUT2D eigenvalue weighted by Gasteiger charge is -2.32. The Labute approximate surface area is 241 Å². The zero-order valence-electron chi connectivity index (χ0n) is 22.1. The van der Waals surface area contributed by atoms with E-state index in [-0.39, 0.29) is 34.6 Å². The van der Waals surface area contributed by atoms with Gasteiger partial charge in [-0.15, -0.1) is 0 Å². The van der Waals surface area contributed by atoms with Crippen LogP contribution in [0.5, 0.6) is 0 Å². The first kappa shape index (κ1) is 27.1. The van der Waals surface area contributed by atoms with E-state index < -0.39 is 33.5 Å². The molecule has 1 unspecified atom stereocenters. The molecular weight excluding hydrogens is 555 g/mol. The van der Waals surface area contributed by atoms with Crippen molar-refractivity contribution in [2.75, 3.05) is 11.5 Å². The lowest BCUT2D eigenvalue weighted by molar-refractivity contribution is -0.142. The van der Waals surface area contributed by atoms with E-state index in [0.717, 1.165) is 10.6 Å². The molecule has 2 amide bonds. The summed E-state index contributed by atoms with van der Waals surface area (Å²) >= 11 is 0. The number of sulfone groups is 1. The first-order chi connectivity index (χ1) is 20.3. The third-order valence-electron chi connectivity index (χ3n) is 7.33. The Kier molecular flexibility index (Phi) is 6.88. The highest BCUT2D eigenvalue weighted by atomic mass is 32.2. The van der Waals surface area contributed by atoms with Gasteiger partial charge in [-0.3, -0.25) is 14.5 Å². The van der Waals surface area contributed by atoms with Gasteiger partial charge in [-0.05, 0) is 54.5 Å². The summed E-state index contributed by atoms with van der Waals surface area (Å²) in [5.74, 6) is -2.44. The fraction of sp³-hybridized carbons (Fsp3) is 0.125. The number of imide groups is 1. The first-order valence-corrected chi connectivity index (χ1v) is 15.0. The predicted molar refractivity (Wildman–Crippen MR) is 155 cm³/mol. The molecule has 2 aliphatic heterocycles. The van der Waals surface area contributed by atoms with Gasteiger partial charge in [0.15, 0.2) is 9.84 Å². The maximum atomic E-state index is 14.2. The summed E-state index contributed by atoms with van der Waals surface area (Å²) in [5, 5.41) is 14.9. The topological polar surface area (TPSA) is 113 Å². The highest BCUT2D eigenvalue weighted by Gasteiger charge is 2.45. The van der Waals surface area contributed by atoms with Crippen molar-refractivity contribution < 1.29 is 22.4 Å². The van der Waals surface area contributed by atoms with E-state index in [1.807, 2.05) is 36.4 Å². The molecule has 3 aromatic carbocycles. The average Bonchev–Trinajstić information content (AvgIpc) is 3.58. The second-order valence-electron chi connectivity index (χ2n) is 10.0. The second kappa shape index (κ2) is 10.7. The van der Waals surface area contributed by atoms with Gasteiger partial charge in [-0.2, -0.15) is 10.4 Å². The van der Waals surface area contributed by atoms with Crippen molar-refractivity contribution in [1.29, 1.82) is 5.26 Å². The zero-order chi connectivity index (χ0) is 29.4. The summed E-state index contributed by atoms with van der Waals surface area (Å²) in [6, 6.07) is 24.8. The van der Waals surface area contributed by atoms with Gasteiger partial charge in [-0.1, -0.05) is 48.5 Å². The number of amides is 2. The minimum absolute atomic E-state index is 0.0534. The summed E-state index contributed by atoms with van der Waals surface area (Å²) in [5.41, 5.74) is 2.69. The molecular formula is C32H23FN4O4S. The minimum Gasteiger partial charge on any atom is -0.270 e. The van der Waals surface area contributed by atoms with Crippen molar-refractivity contribution in [1.82, 2.24) is 14.7 Å². The normalized spacial score (nSPS) is 19.4. The van der Waals surface area contributed by atoms with Crippen LogP contribution in [0.15, 0.2) is 102 Å². The van der Waals surface area contributed by atoms with E-state index in [9.17, 15) is 27.7 Å². The average molecular weight is 579 g/mol. The van der Waals surface area contributed by atoms with E-state index >= 15 is 0 Å². The molecule has 2 aliphatic rings. The maximum absolute atomic E-state index is 14.2. The third kappa shape index (κ3) is 4.95.